The largest absolute Gasteiger partial charge is 0.392 e. The quantitative estimate of drug-likeness (QED) is 0.746. The van der Waals surface area contributed by atoms with E-state index in [1.165, 1.54) is 23.5 Å². The first-order chi connectivity index (χ1) is 10.8. The van der Waals surface area contributed by atoms with Gasteiger partial charge >= 0.3 is 0 Å². The fourth-order valence-electron chi connectivity index (χ4n) is 2.13. The second-order valence-electron chi connectivity index (χ2n) is 4.82. The molecule has 2 aromatic carbocycles. The topological polar surface area (TPSA) is 45.1 Å². The van der Waals surface area contributed by atoms with Gasteiger partial charge in [-0.15, -0.1) is 11.3 Å². The molecule has 0 aliphatic carbocycles. The normalized spacial score (nSPS) is 10.6. The number of hydrogen-bond donors (Lipinski definition) is 2. The number of halogens is 1. The van der Waals surface area contributed by atoms with Gasteiger partial charge in [0.15, 0.2) is 0 Å². The fourth-order valence-corrected chi connectivity index (χ4v) is 2.96. The number of nitrogens with one attached hydrogen (secondary N) is 1. The van der Waals surface area contributed by atoms with E-state index in [2.05, 4.69) is 10.3 Å². The van der Waals surface area contributed by atoms with Gasteiger partial charge in [0.1, 0.15) is 10.8 Å². The molecule has 0 spiro atoms. The Kier molecular flexibility index (Phi) is 4.46. The molecule has 0 unspecified atom stereocenters. The van der Waals surface area contributed by atoms with Crippen LogP contribution < -0.4 is 5.32 Å². The van der Waals surface area contributed by atoms with E-state index < -0.39 is 0 Å². The number of rotatable bonds is 5. The molecule has 0 aliphatic heterocycles. The van der Waals surface area contributed by atoms with Gasteiger partial charge in [-0.25, -0.2) is 9.37 Å². The van der Waals surface area contributed by atoms with E-state index in [1.807, 2.05) is 29.6 Å². The monoisotopic (exact) mass is 314 g/mol. The number of benzene rings is 2. The van der Waals surface area contributed by atoms with E-state index in [-0.39, 0.29) is 12.4 Å². The standard InChI is InChI=1S/C17H15FN2OS/c18-14-7-5-12(6-8-14)17-20-15(11-22-17)9-19-16-4-2-1-3-13(16)10-21/h1-8,11,19,21H,9-10H2. The van der Waals surface area contributed by atoms with Gasteiger partial charge < -0.3 is 10.4 Å². The lowest BCUT2D eigenvalue weighted by Gasteiger charge is -2.08. The second-order valence-corrected chi connectivity index (χ2v) is 5.68. The van der Waals surface area contributed by atoms with Crippen molar-refractivity contribution in [2.45, 2.75) is 13.2 Å². The van der Waals surface area contributed by atoms with Crippen LogP contribution in [0.15, 0.2) is 53.9 Å². The van der Waals surface area contributed by atoms with Crippen molar-refractivity contribution in [1.82, 2.24) is 4.98 Å². The van der Waals surface area contributed by atoms with Crippen LogP contribution in [-0.4, -0.2) is 10.1 Å². The highest BCUT2D eigenvalue weighted by molar-refractivity contribution is 7.13. The fraction of sp³-hybridized carbons (Fsp3) is 0.118. The molecule has 1 heterocycles. The molecule has 3 rings (SSSR count). The molecule has 0 fully saturated rings. The Labute approximate surface area is 132 Å². The minimum atomic E-state index is -0.247. The second kappa shape index (κ2) is 6.68. The summed E-state index contributed by atoms with van der Waals surface area (Å²) < 4.78 is 12.9. The zero-order chi connectivity index (χ0) is 15.4. The molecule has 112 valence electrons. The molecule has 3 nitrogen and oxygen atoms in total. The van der Waals surface area contributed by atoms with Crippen LogP contribution in [0.1, 0.15) is 11.3 Å². The predicted molar refractivity (Wildman–Crippen MR) is 87.2 cm³/mol. The molecule has 0 atom stereocenters. The average molecular weight is 314 g/mol. The molecule has 0 radical (unpaired) electrons. The molecule has 0 amide bonds. The number of aliphatic hydroxyl groups excluding tert-OH is 1. The summed E-state index contributed by atoms with van der Waals surface area (Å²) in [4.78, 5) is 4.55. The lowest BCUT2D eigenvalue weighted by molar-refractivity contribution is 0.282. The zero-order valence-electron chi connectivity index (χ0n) is 11.8. The van der Waals surface area contributed by atoms with Gasteiger partial charge in [0, 0.05) is 22.2 Å². The van der Waals surface area contributed by atoms with Crippen molar-refractivity contribution >= 4 is 17.0 Å². The molecule has 3 aromatic rings. The summed E-state index contributed by atoms with van der Waals surface area (Å²) >= 11 is 1.53. The van der Waals surface area contributed by atoms with Gasteiger partial charge in [-0.2, -0.15) is 0 Å². The lowest BCUT2D eigenvalue weighted by atomic mass is 10.2. The van der Waals surface area contributed by atoms with E-state index >= 15 is 0 Å². The third-order valence-corrected chi connectivity index (χ3v) is 4.23. The molecule has 0 aliphatic rings. The van der Waals surface area contributed by atoms with Crippen LogP contribution in [0.5, 0.6) is 0 Å². The van der Waals surface area contributed by atoms with Crippen molar-refractivity contribution < 1.29 is 9.50 Å². The Morgan fingerprint density at radius 3 is 2.64 bits per heavy atom. The van der Waals surface area contributed by atoms with E-state index in [1.54, 1.807) is 12.1 Å². The molecule has 2 N–H and O–H groups in total. The first-order valence-electron chi connectivity index (χ1n) is 6.89. The summed E-state index contributed by atoms with van der Waals surface area (Å²) in [6.07, 6.45) is 0. The maximum atomic E-state index is 12.9. The first-order valence-corrected chi connectivity index (χ1v) is 7.77. The van der Waals surface area contributed by atoms with Gasteiger partial charge in [0.2, 0.25) is 0 Å². The van der Waals surface area contributed by atoms with Gasteiger partial charge in [0.25, 0.3) is 0 Å². The number of aromatic nitrogens is 1. The number of anilines is 1. The van der Waals surface area contributed by atoms with Crippen molar-refractivity contribution in [3.05, 3.63) is 71.0 Å². The summed E-state index contributed by atoms with van der Waals surface area (Å²) in [6.45, 7) is 0.579. The Hall–Kier alpha value is -2.24. The van der Waals surface area contributed by atoms with Crippen molar-refractivity contribution in [1.29, 1.82) is 0 Å². The maximum Gasteiger partial charge on any atom is 0.123 e. The highest BCUT2D eigenvalue weighted by atomic mass is 32.1. The Balaban J connectivity index is 1.71. The highest BCUT2D eigenvalue weighted by Gasteiger charge is 2.06. The minimum Gasteiger partial charge on any atom is -0.392 e. The van der Waals surface area contributed by atoms with E-state index in [0.29, 0.717) is 6.54 Å². The van der Waals surface area contributed by atoms with Crippen LogP contribution in [0, 0.1) is 5.82 Å². The number of nitrogens with zero attached hydrogens (tertiary/aromatic N) is 1. The average Bonchev–Trinajstić information content (AvgIpc) is 3.03. The number of para-hydroxylation sites is 1. The molecule has 0 bridgehead atoms. The summed E-state index contributed by atoms with van der Waals surface area (Å²) in [5.41, 5.74) is 3.59. The van der Waals surface area contributed by atoms with Crippen molar-refractivity contribution in [3.8, 4) is 10.6 Å². The minimum absolute atomic E-state index is 0.00106. The number of aliphatic hydroxyl groups is 1. The Morgan fingerprint density at radius 1 is 1.09 bits per heavy atom. The summed E-state index contributed by atoms with van der Waals surface area (Å²) in [7, 11) is 0. The molecule has 22 heavy (non-hydrogen) atoms. The third kappa shape index (κ3) is 3.32. The van der Waals surface area contributed by atoms with Crippen LogP contribution in [0.4, 0.5) is 10.1 Å². The summed E-state index contributed by atoms with van der Waals surface area (Å²) in [6, 6.07) is 14.0. The van der Waals surface area contributed by atoms with Crippen LogP contribution in [0.3, 0.4) is 0 Å². The lowest BCUT2D eigenvalue weighted by Crippen LogP contribution is -2.02. The van der Waals surface area contributed by atoms with E-state index in [4.69, 9.17) is 0 Å². The van der Waals surface area contributed by atoms with E-state index in [0.717, 1.165) is 27.5 Å². The molecular weight excluding hydrogens is 299 g/mol. The molecule has 0 saturated carbocycles. The van der Waals surface area contributed by atoms with Crippen molar-refractivity contribution in [2.75, 3.05) is 5.32 Å². The predicted octanol–water partition coefficient (Wildman–Crippen LogP) is 4.05. The highest BCUT2D eigenvalue weighted by Crippen LogP contribution is 2.24. The first kappa shape index (κ1) is 14.7. The van der Waals surface area contributed by atoms with Crippen molar-refractivity contribution in [3.63, 3.8) is 0 Å². The number of hydrogen-bond acceptors (Lipinski definition) is 4. The summed E-state index contributed by atoms with van der Waals surface area (Å²) in [5.74, 6) is -0.247. The molecule has 0 saturated heterocycles. The smallest absolute Gasteiger partial charge is 0.123 e. The molecule has 5 heteroatoms. The Bertz CT molecular complexity index is 755. The van der Waals surface area contributed by atoms with Crippen molar-refractivity contribution in [2.24, 2.45) is 0 Å². The van der Waals surface area contributed by atoms with Crippen LogP contribution in [0.25, 0.3) is 10.6 Å². The zero-order valence-corrected chi connectivity index (χ0v) is 12.6. The summed E-state index contributed by atoms with van der Waals surface area (Å²) in [5, 5.41) is 15.4. The van der Waals surface area contributed by atoms with Gasteiger partial charge in [-0.05, 0) is 30.3 Å². The van der Waals surface area contributed by atoms with Crippen LogP contribution >= 0.6 is 11.3 Å². The molecular formula is C17H15FN2OS. The Morgan fingerprint density at radius 2 is 1.86 bits per heavy atom. The third-order valence-electron chi connectivity index (χ3n) is 3.29. The van der Waals surface area contributed by atoms with Crippen LogP contribution in [-0.2, 0) is 13.2 Å². The SMILES string of the molecule is OCc1ccccc1NCc1csc(-c2ccc(F)cc2)n1. The van der Waals surface area contributed by atoms with E-state index in [9.17, 15) is 9.50 Å². The maximum absolute atomic E-state index is 12.9. The number of thiazole rings is 1. The molecule has 1 aromatic heterocycles. The van der Waals surface area contributed by atoms with Crippen LogP contribution in [0.2, 0.25) is 0 Å². The van der Waals surface area contributed by atoms with Gasteiger partial charge in [-0.1, -0.05) is 18.2 Å². The van der Waals surface area contributed by atoms with Gasteiger partial charge in [0.05, 0.1) is 18.8 Å². The van der Waals surface area contributed by atoms with Gasteiger partial charge in [-0.3, -0.25) is 0 Å².